The van der Waals surface area contributed by atoms with Gasteiger partial charge in [-0.1, -0.05) is 30.5 Å². The first-order valence-corrected chi connectivity index (χ1v) is 8.58. The lowest BCUT2D eigenvalue weighted by molar-refractivity contribution is 0.177. The van der Waals surface area contributed by atoms with Crippen LogP contribution >= 0.6 is 11.6 Å². The van der Waals surface area contributed by atoms with Crippen LogP contribution in [0.15, 0.2) is 24.3 Å². The molecule has 1 aromatic carbocycles. The number of nitrogens with two attached hydrogens (primary N) is 1. The quantitative estimate of drug-likeness (QED) is 0.932. The largest absolute Gasteiger partial charge is 0.369 e. The van der Waals surface area contributed by atoms with Crippen molar-refractivity contribution in [3.05, 3.63) is 29.3 Å². The minimum absolute atomic E-state index is 0.421. The van der Waals surface area contributed by atoms with Gasteiger partial charge in [-0.15, -0.1) is 0 Å². The molecule has 2 atom stereocenters. The summed E-state index contributed by atoms with van der Waals surface area (Å²) in [4.78, 5) is 5.03. The molecule has 2 fully saturated rings. The first-order chi connectivity index (χ1) is 10.2. The van der Waals surface area contributed by atoms with Crippen molar-refractivity contribution in [1.29, 1.82) is 0 Å². The van der Waals surface area contributed by atoms with E-state index in [1.165, 1.54) is 37.9 Å². The van der Waals surface area contributed by atoms with Crippen molar-refractivity contribution >= 4 is 17.3 Å². The van der Waals surface area contributed by atoms with E-state index in [1.807, 2.05) is 12.1 Å². The second-order valence-corrected chi connectivity index (χ2v) is 6.91. The Morgan fingerprint density at radius 1 is 1.10 bits per heavy atom. The van der Waals surface area contributed by atoms with Gasteiger partial charge in [0.15, 0.2) is 0 Å². The number of rotatable bonds is 3. The number of nitrogens with zero attached hydrogens (tertiary/aromatic N) is 2. The monoisotopic (exact) mass is 307 g/mol. The van der Waals surface area contributed by atoms with E-state index in [2.05, 4.69) is 21.9 Å². The van der Waals surface area contributed by atoms with Crippen molar-refractivity contribution in [3.63, 3.8) is 0 Å². The molecular weight excluding hydrogens is 282 g/mol. The molecule has 2 N–H and O–H groups in total. The van der Waals surface area contributed by atoms with Crippen molar-refractivity contribution in [2.45, 2.75) is 31.7 Å². The molecule has 1 aliphatic carbocycles. The minimum Gasteiger partial charge on any atom is -0.369 e. The van der Waals surface area contributed by atoms with Crippen LogP contribution in [0.4, 0.5) is 5.69 Å². The molecule has 0 bridgehead atoms. The van der Waals surface area contributed by atoms with Crippen LogP contribution in [0.5, 0.6) is 0 Å². The van der Waals surface area contributed by atoms with Gasteiger partial charge in [-0.2, -0.15) is 0 Å². The Kier molecular flexibility index (Phi) is 5.04. The lowest BCUT2D eigenvalue weighted by Crippen LogP contribution is -2.50. The van der Waals surface area contributed by atoms with Crippen LogP contribution < -0.4 is 10.6 Å². The number of hydrogen-bond donors (Lipinski definition) is 1. The smallest absolute Gasteiger partial charge is 0.0426 e. The average molecular weight is 308 g/mol. The van der Waals surface area contributed by atoms with Crippen LogP contribution in [0.25, 0.3) is 0 Å². The summed E-state index contributed by atoms with van der Waals surface area (Å²) < 4.78 is 0. The highest BCUT2D eigenvalue weighted by Crippen LogP contribution is 2.25. The maximum absolute atomic E-state index is 6.28. The third-order valence-corrected chi connectivity index (χ3v) is 5.24. The van der Waals surface area contributed by atoms with Crippen molar-refractivity contribution in [2.24, 2.45) is 11.7 Å². The van der Waals surface area contributed by atoms with Gasteiger partial charge in [0.1, 0.15) is 0 Å². The SMILES string of the molecule is NC1CCCCC1CN1CCN(c2cccc(Cl)c2)CC1. The zero-order chi connectivity index (χ0) is 14.7. The molecule has 1 saturated carbocycles. The van der Waals surface area contributed by atoms with Gasteiger partial charge >= 0.3 is 0 Å². The van der Waals surface area contributed by atoms with Gasteiger partial charge < -0.3 is 10.6 Å². The molecule has 0 spiro atoms. The van der Waals surface area contributed by atoms with E-state index in [-0.39, 0.29) is 0 Å². The molecule has 1 aliphatic heterocycles. The van der Waals surface area contributed by atoms with Crippen LogP contribution in [0.3, 0.4) is 0 Å². The van der Waals surface area contributed by atoms with Crippen molar-refractivity contribution in [2.75, 3.05) is 37.6 Å². The highest BCUT2D eigenvalue weighted by molar-refractivity contribution is 6.30. The maximum atomic E-state index is 6.28. The van der Waals surface area contributed by atoms with Crippen LogP contribution in [-0.4, -0.2) is 43.7 Å². The summed E-state index contributed by atoms with van der Waals surface area (Å²) in [5.41, 5.74) is 7.53. The van der Waals surface area contributed by atoms with Gasteiger partial charge in [0, 0.05) is 49.5 Å². The topological polar surface area (TPSA) is 32.5 Å². The Morgan fingerprint density at radius 3 is 2.57 bits per heavy atom. The van der Waals surface area contributed by atoms with E-state index in [9.17, 15) is 0 Å². The summed E-state index contributed by atoms with van der Waals surface area (Å²) in [6.07, 6.45) is 5.21. The van der Waals surface area contributed by atoms with Gasteiger partial charge in [-0.3, -0.25) is 4.90 Å². The van der Waals surface area contributed by atoms with E-state index < -0.39 is 0 Å². The number of hydrogen-bond acceptors (Lipinski definition) is 3. The molecule has 0 aromatic heterocycles. The Balaban J connectivity index is 1.51. The predicted molar refractivity (Wildman–Crippen MR) is 90.0 cm³/mol. The summed E-state index contributed by atoms with van der Waals surface area (Å²) in [6, 6.07) is 8.61. The van der Waals surface area contributed by atoms with E-state index in [4.69, 9.17) is 17.3 Å². The Morgan fingerprint density at radius 2 is 1.86 bits per heavy atom. The summed E-state index contributed by atoms with van der Waals surface area (Å²) in [5, 5.41) is 0.822. The molecule has 3 rings (SSSR count). The maximum Gasteiger partial charge on any atom is 0.0426 e. The number of halogens is 1. The van der Waals surface area contributed by atoms with Crippen molar-refractivity contribution in [1.82, 2.24) is 4.90 Å². The van der Waals surface area contributed by atoms with Crippen LogP contribution in [0, 0.1) is 5.92 Å². The van der Waals surface area contributed by atoms with Gasteiger partial charge in [-0.05, 0) is 37.0 Å². The molecule has 1 heterocycles. The van der Waals surface area contributed by atoms with Gasteiger partial charge in [0.05, 0.1) is 0 Å². The second kappa shape index (κ2) is 6.99. The standard InChI is InChI=1S/C17H26ClN3/c18-15-5-3-6-16(12-15)21-10-8-20(9-11-21)13-14-4-1-2-7-17(14)19/h3,5-6,12,14,17H,1-2,4,7-11,13,19H2. The van der Waals surface area contributed by atoms with Crippen LogP contribution in [-0.2, 0) is 0 Å². The van der Waals surface area contributed by atoms with E-state index in [0.717, 1.165) is 31.2 Å². The summed E-state index contributed by atoms with van der Waals surface area (Å²) >= 11 is 6.09. The molecule has 0 radical (unpaired) electrons. The lowest BCUT2D eigenvalue weighted by Gasteiger charge is -2.39. The van der Waals surface area contributed by atoms with Crippen LogP contribution in [0.2, 0.25) is 5.02 Å². The fraction of sp³-hybridized carbons (Fsp3) is 0.647. The third kappa shape index (κ3) is 3.91. The minimum atomic E-state index is 0.421. The Bertz CT molecular complexity index is 457. The fourth-order valence-corrected chi connectivity index (χ4v) is 3.84. The first-order valence-electron chi connectivity index (χ1n) is 8.21. The number of piperazine rings is 1. The van der Waals surface area contributed by atoms with Crippen molar-refractivity contribution < 1.29 is 0 Å². The highest BCUT2D eigenvalue weighted by atomic mass is 35.5. The molecule has 2 aliphatic rings. The molecule has 21 heavy (non-hydrogen) atoms. The number of benzene rings is 1. The summed E-state index contributed by atoms with van der Waals surface area (Å²) in [6.45, 7) is 5.63. The molecule has 1 aromatic rings. The first kappa shape index (κ1) is 15.1. The highest BCUT2D eigenvalue weighted by Gasteiger charge is 2.26. The van der Waals surface area contributed by atoms with E-state index in [1.54, 1.807) is 0 Å². The number of anilines is 1. The summed E-state index contributed by atoms with van der Waals surface area (Å²) in [5.74, 6) is 0.705. The van der Waals surface area contributed by atoms with E-state index in [0.29, 0.717) is 12.0 Å². The Labute approximate surface area is 133 Å². The Hall–Kier alpha value is -0.770. The summed E-state index contributed by atoms with van der Waals surface area (Å²) in [7, 11) is 0. The van der Waals surface area contributed by atoms with Gasteiger partial charge in [0.2, 0.25) is 0 Å². The molecule has 0 amide bonds. The fourth-order valence-electron chi connectivity index (χ4n) is 3.66. The third-order valence-electron chi connectivity index (χ3n) is 5.01. The second-order valence-electron chi connectivity index (χ2n) is 6.48. The van der Waals surface area contributed by atoms with Crippen LogP contribution in [0.1, 0.15) is 25.7 Å². The lowest BCUT2D eigenvalue weighted by atomic mass is 9.84. The predicted octanol–water partition coefficient (Wildman–Crippen LogP) is 2.98. The van der Waals surface area contributed by atoms with Gasteiger partial charge in [-0.25, -0.2) is 0 Å². The molecule has 3 nitrogen and oxygen atoms in total. The average Bonchev–Trinajstić information content (AvgIpc) is 2.50. The molecular formula is C17H26ClN3. The van der Waals surface area contributed by atoms with Crippen molar-refractivity contribution in [3.8, 4) is 0 Å². The van der Waals surface area contributed by atoms with Gasteiger partial charge in [0.25, 0.3) is 0 Å². The normalized spacial score (nSPS) is 27.8. The molecule has 4 heteroatoms. The molecule has 116 valence electrons. The molecule has 2 unspecified atom stereocenters. The zero-order valence-corrected chi connectivity index (χ0v) is 13.4. The zero-order valence-electron chi connectivity index (χ0n) is 12.7. The molecule has 1 saturated heterocycles. The van der Waals surface area contributed by atoms with E-state index >= 15 is 0 Å².